The van der Waals surface area contributed by atoms with Gasteiger partial charge in [0.2, 0.25) is 0 Å². The normalized spacial score (nSPS) is 17.8. The molecule has 0 saturated heterocycles. The Morgan fingerprint density at radius 2 is 0.897 bits per heavy atom. The molecule has 2 nitrogen and oxygen atoms in total. The summed E-state index contributed by atoms with van der Waals surface area (Å²) in [6, 6.07) is 86.5. The molecule has 3 aliphatic carbocycles. The molecule has 1 aromatic heterocycles. The van der Waals surface area contributed by atoms with Crippen LogP contribution in [0.15, 0.2) is 231 Å². The maximum absolute atomic E-state index is 2.63. The van der Waals surface area contributed by atoms with E-state index < -0.39 is 0 Å². The second-order valence-electron chi connectivity index (χ2n) is 19.2. The van der Waals surface area contributed by atoms with Gasteiger partial charge in [0.25, 0.3) is 0 Å². The molecule has 3 atom stereocenters. The van der Waals surface area contributed by atoms with Gasteiger partial charge in [0.1, 0.15) is 0 Å². The molecule has 0 N–H and O–H groups in total. The molecule has 0 aliphatic heterocycles. The summed E-state index contributed by atoms with van der Waals surface area (Å²) in [5, 5.41) is 5.13. The largest absolute Gasteiger partial charge is 0.310 e. The number of para-hydroxylation sites is 2. The summed E-state index contributed by atoms with van der Waals surface area (Å²) in [6.45, 7) is 0. The Kier molecular flexibility index (Phi) is 9.10. The smallest absolute Gasteiger partial charge is 0.0546 e. The summed E-state index contributed by atoms with van der Waals surface area (Å²) < 4.78 is 2.65. The number of nitrogens with zero attached hydrogens (tertiary/aromatic N) is 2. The number of rotatable bonds is 8. The first-order valence-electron chi connectivity index (χ1n) is 24.3. The van der Waals surface area contributed by atoms with Gasteiger partial charge in [-0.1, -0.05) is 164 Å². The lowest BCUT2D eigenvalue weighted by atomic mass is 9.68. The van der Waals surface area contributed by atoms with Crippen LogP contribution < -0.4 is 9.80 Å². The summed E-state index contributed by atoms with van der Waals surface area (Å²) in [5.41, 5.74) is 18.1. The van der Waals surface area contributed by atoms with Crippen LogP contribution in [0.3, 0.4) is 0 Å². The molecule has 10 aromatic carbocycles. The van der Waals surface area contributed by atoms with Crippen LogP contribution in [0.2, 0.25) is 0 Å². The third-order valence-corrected chi connectivity index (χ3v) is 16.8. The minimum atomic E-state index is -0.173. The molecule has 14 rings (SSSR count). The van der Waals surface area contributed by atoms with E-state index in [1.54, 1.807) is 0 Å². The third kappa shape index (κ3) is 6.02. The van der Waals surface area contributed by atoms with Crippen molar-refractivity contribution >= 4 is 76.4 Å². The highest BCUT2D eigenvalue weighted by Crippen LogP contribution is 2.69. The van der Waals surface area contributed by atoms with E-state index in [9.17, 15) is 0 Å². The van der Waals surface area contributed by atoms with Crippen molar-refractivity contribution in [1.82, 2.24) is 0 Å². The highest BCUT2D eigenvalue weighted by Gasteiger charge is 2.62. The number of hydrogen-bond acceptors (Lipinski definition) is 3. The fraction of sp³-hybridized carbons (Fsp3) is 0.108. The predicted molar refractivity (Wildman–Crippen MR) is 288 cm³/mol. The Hall–Kier alpha value is -7.72. The van der Waals surface area contributed by atoms with Crippen LogP contribution in [-0.2, 0) is 18.3 Å². The molecule has 1 saturated carbocycles. The molecular weight excluding hydrogens is 841 g/mol. The van der Waals surface area contributed by atoms with Gasteiger partial charge in [0, 0.05) is 48.2 Å². The molecular formula is C65H48N2S. The van der Waals surface area contributed by atoms with E-state index in [1.807, 2.05) is 11.3 Å². The second kappa shape index (κ2) is 15.7. The summed E-state index contributed by atoms with van der Waals surface area (Å²) in [4.78, 5) is 5.22. The molecule has 3 heteroatoms. The lowest BCUT2D eigenvalue weighted by molar-refractivity contribution is 0.350. The zero-order chi connectivity index (χ0) is 44.8. The van der Waals surface area contributed by atoms with Crippen LogP contribution >= 0.6 is 11.3 Å². The van der Waals surface area contributed by atoms with Crippen molar-refractivity contribution in [2.24, 2.45) is 11.8 Å². The second-order valence-corrected chi connectivity index (χ2v) is 20.2. The van der Waals surface area contributed by atoms with E-state index >= 15 is 0 Å². The zero-order valence-corrected chi connectivity index (χ0v) is 38.5. The van der Waals surface area contributed by atoms with Gasteiger partial charge in [-0.25, -0.2) is 0 Å². The number of benzene rings is 10. The molecule has 1 spiro atoms. The first-order valence-corrected chi connectivity index (χ1v) is 25.1. The molecule has 1 heterocycles. The van der Waals surface area contributed by atoms with Crippen LogP contribution in [-0.4, -0.2) is 0 Å². The number of anilines is 6. The summed E-state index contributed by atoms with van der Waals surface area (Å²) in [5.74, 6) is 0.987. The van der Waals surface area contributed by atoms with Crippen LogP contribution in [0.5, 0.6) is 0 Å². The highest BCUT2D eigenvalue weighted by atomic mass is 32.1. The van der Waals surface area contributed by atoms with Gasteiger partial charge in [-0.15, -0.1) is 11.3 Å². The number of hydrogen-bond donors (Lipinski definition) is 0. The maximum Gasteiger partial charge on any atom is 0.0546 e. The van der Waals surface area contributed by atoms with E-state index in [0.29, 0.717) is 11.8 Å². The van der Waals surface area contributed by atoms with Crippen LogP contribution in [0.25, 0.3) is 53.2 Å². The Bertz CT molecular complexity index is 3700. The van der Waals surface area contributed by atoms with E-state index in [4.69, 9.17) is 0 Å². The molecule has 3 aliphatic rings. The zero-order valence-electron chi connectivity index (χ0n) is 37.7. The maximum atomic E-state index is 2.63. The molecule has 0 radical (unpaired) electrons. The van der Waals surface area contributed by atoms with Gasteiger partial charge < -0.3 is 9.80 Å². The van der Waals surface area contributed by atoms with Crippen molar-refractivity contribution in [2.45, 2.75) is 31.1 Å². The van der Waals surface area contributed by atoms with Crippen molar-refractivity contribution in [3.8, 4) is 22.3 Å². The number of thiophene rings is 1. The van der Waals surface area contributed by atoms with Crippen molar-refractivity contribution in [2.75, 3.05) is 9.80 Å². The Balaban J connectivity index is 1.00. The molecule has 68 heavy (non-hydrogen) atoms. The van der Waals surface area contributed by atoms with Crippen molar-refractivity contribution in [1.29, 1.82) is 0 Å². The van der Waals surface area contributed by atoms with Crippen molar-refractivity contribution in [3.05, 3.63) is 253 Å². The Labute approximate surface area is 402 Å². The topological polar surface area (TPSA) is 6.48 Å². The quantitative estimate of drug-likeness (QED) is 0.150. The van der Waals surface area contributed by atoms with Gasteiger partial charge >= 0.3 is 0 Å². The first kappa shape index (κ1) is 39.4. The molecule has 0 amide bonds. The molecule has 11 aromatic rings. The van der Waals surface area contributed by atoms with Gasteiger partial charge in [-0.05, 0) is 154 Å². The summed E-state index contributed by atoms with van der Waals surface area (Å²) >= 11 is 1.90. The van der Waals surface area contributed by atoms with Gasteiger partial charge in [0.15, 0.2) is 0 Å². The average Bonchev–Trinajstić information content (AvgIpc) is 4.14. The van der Waals surface area contributed by atoms with E-state index in [2.05, 4.69) is 240 Å². The minimum Gasteiger partial charge on any atom is -0.310 e. The van der Waals surface area contributed by atoms with E-state index in [0.717, 1.165) is 12.8 Å². The summed E-state index contributed by atoms with van der Waals surface area (Å²) in [7, 11) is 0. The lowest BCUT2D eigenvalue weighted by Crippen LogP contribution is -2.34. The van der Waals surface area contributed by atoms with Crippen LogP contribution in [0.4, 0.5) is 34.1 Å². The standard InChI is InChI=1S/C65H48N2S/c1-4-16-43(17-5-1)44-30-32-45(33-31-44)57-40-46-18-10-11-19-47(46)41-60(57)67(53-24-8-3-9-25-53)59-28-15-21-49-39-51-35-34-50-38-48-20-14-27-58(63(48)65(50,51)64(49)59)66(52-22-6-2-7-23-52)54-36-37-56-55-26-12-13-29-61(55)68-62(56)42-54/h1-33,36-37,40-42,50-51H,34-35,38-39H2. The van der Waals surface area contributed by atoms with Crippen LogP contribution in [0, 0.1) is 11.8 Å². The molecule has 0 bridgehead atoms. The van der Waals surface area contributed by atoms with Gasteiger partial charge in [-0.2, -0.15) is 0 Å². The van der Waals surface area contributed by atoms with Crippen molar-refractivity contribution < 1.29 is 0 Å². The lowest BCUT2D eigenvalue weighted by Gasteiger charge is -2.40. The Morgan fingerprint density at radius 3 is 1.57 bits per heavy atom. The van der Waals surface area contributed by atoms with E-state index in [1.165, 1.54) is 122 Å². The van der Waals surface area contributed by atoms with Gasteiger partial charge in [-0.3, -0.25) is 0 Å². The fourth-order valence-corrected chi connectivity index (χ4v) is 14.1. The predicted octanol–water partition coefficient (Wildman–Crippen LogP) is 17.9. The van der Waals surface area contributed by atoms with Gasteiger partial charge in [0.05, 0.1) is 17.1 Å². The Morgan fingerprint density at radius 1 is 0.368 bits per heavy atom. The fourth-order valence-electron chi connectivity index (χ4n) is 13.0. The number of fused-ring (bicyclic) bond motifs is 6. The molecule has 3 unspecified atom stereocenters. The molecule has 1 fully saturated rings. The van der Waals surface area contributed by atoms with Crippen molar-refractivity contribution in [3.63, 3.8) is 0 Å². The summed E-state index contributed by atoms with van der Waals surface area (Å²) in [6.07, 6.45) is 4.63. The highest BCUT2D eigenvalue weighted by molar-refractivity contribution is 7.25. The first-order chi connectivity index (χ1) is 33.7. The third-order valence-electron chi connectivity index (χ3n) is 15.7. The molecule has 324 valence electrons. The average molecular weight is 889 g/mol. The minimum absolute atomic E-state index is 0.173. The van der Waals surface area contributed by atoms with E-state index in [-0.39, 0.29) is 5.41 Å². The monoisotopic (exact) mass is 888 g/mol. The van der Waals surface area contributed by atoms with Crippen LogP contribution in [0.1, 0.15) is 35.1 Å². The SMILES string of the molecule is c1ccc(-c2ccc(-c3cc4ccccc4cc3N(c3ccccc3)c3cccc4c3C35c6c(cccc6N(c6ccccc6)c6ccc7c(c6)sc6ccccc67)CC3CCC5C4)cc2)cc1.